The van der Waals surface area contributed by atoms with Gasteiger partial charge in [-0.15, -0.1) is 0 Å². The number of hydrogen-bond donors (Lipinski definition) is 0. The SMILES string of the molecule is O=CC(CCCCCCOc1ccc2c(c1)C1C(=O)OC(=O)C1CC2C1CC(=O)OC1=O)Oc1ccc(/C=C/C(=O)c2ccc(F)cc2)cc1. The van der Waals surface area contributed by atoms with Gasteiger partial charge in [0.15, 0.2) is 18.2 Å². The Kier molecular flexibility index (Phi) is 10.6. The number of carbonyl (C=O) groups excluding carboxylic acids is 6. The van der Waals surface area contributed by atoms with Gasteiger partial charge in [-0.1, -0.05) is 37.1 Å². The molecule has 3 aliphatic rings. The van der Waals surface area contributed by atoms with E-state index in [0.717, 1.165) is 43.1 Å². The third-order valence-corrected chi connectivity index (χ3v) is 9.38. The van der Waals surface area contributed by atoms with Crippen molar-refractivity contribution in [3.63, 3.8) is 0 Å². The normalized spacial score (nSPS) is 21.7. The summed E-state index contributed by atoms with van der Waals surface area (Å²) in [4.78, 5) is 73.2. The zero-order valence-electron chi connectivity index (χ0n) is 27.1. The number of ether oxygens (including phenoxy) is 4. The Bertz CT molecular complexity index is 1810. The van der Waals surface area contributed by atoms with Gasteiger partial charge < -0.3 is 18.9 Å². The van der Waals surface area contributed by atoms with E-state index in [1.807, 2.05) is 0 Å². The maximum Gasteiger partial charge on any atom is 0.321 e. The van der Waals surface area contributed by atoms with Gasteiger partial charge in [0.1, 0.15) is 17.3 Å². The topological polar surface area (TPSA) is 139 Å². The van der Waals surface area contributed by atoms with Crippen molar-refractivity contribution in [2.45, 2.75) is 62.9 Å². The number of fused-ring (bicyclic) bond motifs is 3. The van der Waals surface area contributed by atoms with Crippen molar-refractivity contribution in [1.82, 2.24) is 0 Å². The molecular formula is C39H35FO10. The van der Waals surface area contributed by atoms with Crippen LogP contribution in [0, 0.1) is 17.7 Å². The minimum Gasteiger partial charge on any atom is -0.494 e. The Morgan fingerprint density at radius 2 is 1.52 bits per heavy atom. The smallest absolute Gasteiger partial charge is 0.321 e. The molecule has 0 aromatic heterocycles. The second-order valence-corrected chi connectivity index (χ2v) is 12.7. The number of ketones is 1. The molecule has 2 heterocycles. The summed E-state index contributed by atoms with van der Waals surface area (Å²) in [6.07, 6.45) is 7.15. The van der Waals surface area contributed by atoms with Gasteiger partial charge in [0.05, 0.1) is 30.8 Å². The molecule has 2 aliphatic heterocycles. The molecule has 3 aromatic carbocycles. The van der Waals surface area contributed by atoms with Gasteiger partial charge in [-0.05, 0) is 103 Å². The Hall–Kier alpha value is -5.45. The largest absolute Gasteiger partial charge is 0.494 e. The molecule has 11 heteroatoms. The lowest BCUT2D eigenvalue weighted by molar-refractivity contribution is -0.155. The molecule has 0 radical (unpaired) electrons. The summed E-state index contributed by atoms with van der Waals surface area (Å²) < 4.78 is 34.6. The van der Waals surface area contributed by atoms with Crippen molar-refractivity contribution in [1.29, 1.82) is 0 Å². The third kappa shape index (κ3) is 7.88. The molecule has 0 N–H and O–H groups in total. The summed E-state index contributed by atoms with van der Waals surface area (Å²) >= 11 is 0. The average Bonchev–Trinajstić information content (AvgIpc) is 3.61. The third-order valence-electron chi connectivity index (χ3n) is 9.38. The van der Waals surface area contributed by atoms with E-state index >= 15 is 0 Å². The lowest BCUT2D eigenvalue weighted by Crippen LogP contribution is -2.31. The minimum atomic E-state index is -0.780. The lowest BCUT2D eigenvalue weighted by Gasteiger charge is -2.33. The van der Waals surface area contributed by atoms with Crippen LogP contribution in [0.2, 0.25) is 0 Å². The van der Waals surface area contributed by atoms with Gasteiger partial charge in [-0.3, -0.25) is 28.8 Å². The number of benzene rings is 3. The van der Waals surface area contributed by atoms with Crippen LogP contribution in [0.5, 0.6) is 11.5 Å². The van der Waals surface area contributed by atoms with E-state index < -0.39 is 59.5 Å². The number of aldehydes is 1. The summed E-state index contributed by atoms with van der Waals surface area (Å²) in [5.74, 6) is -4.73. The highest BCUT2D eigenvalue weighted by Gasteiger charge is 2.53. The minimum absolute atomic E-state index is 0.0712. The van der Waals surface area contributed by atoms with Crippen LogP contribution in [0.3, 0.4) is 0 Å². The molecule has 5 atom stereocenters. The fourth-order valence-corrected chi connectivity index (χ4v) is 6.81. The van der Waals surface area contributed by atoms with Crippen LogP contribution in [-0.4, -0.2) is 48.7 Å². The maximum atomic E-state index is 13.1. The molecule has 50 heavy (non-hydrogen) atoms. The van der Waals surface area contributed by atoms with Crippen LogP contribution in [0.25, 0.3) is 6.08 Å². The average molecular weight is 683 g/mol. The second-order valence-electron chi connectivity index (χ2n) is 12.7. The highest BCUT2D eigenvalue weighted by Crippen LogP contribution is 2.51. The van der Waals surface area contributed by atoms with E-state index in [0.29, 0.717) is 35.7 Å². The fraction of sp³-hybridized carbons (Fsp3) is 0.333. The number of carbonyl (C=O) groups is 6. The van der Waals surface area contributed by atoms with Gasteiger partial charge in [-0.25, -0.2) is 4.39 Å². The number of unbranched alkanes of at least 4 members (excludes halogenated alkanes) is 3. The zero-order chi connectivity index (χ0) is 35.2. The molecule has 6 rings (SSSR count). The molecule has 3 aromatic rings. The lowest BCUT2D eigenvalue weighted by atomic mass is 9.67. The number of allylic oxidation sites excluding steroid dienone is 1. The van der Waals surface area contributed by atoms with Crippen molar-refractivity contribution < 1.29 is 52.1 Å². The van der Waals surface area contributed by atoms with Crippen LogP contribution < -0.4 is 9.47 Å². The van der Waals surface area contributed by atoms with E-state index in [4.69, 9.17) is 18.9 Å². The standard InChI is InChI=1S/C39H35FO10/c40-25-11-9-24(10-12-25)34(42)17-8-23-6-13-26(14-7-23)48-28(22-41)5-3-1-2-4-18-47-27-15-16-29-30(32-21-35(43)49-37(32)44)20-33-36(31(29)19-27)39(46)50-38(33)45/h6-17,19,22,28,30,32-33,36H,1-5,18,20-21H2/b17-8+. The first-order valence-corrected chi connectivity index (χ1v) is 16.7. The monoisotopic (exact) mass is 682 g/mol. The van der Waals surface area contributed by atoms with E-state index in [1.165, 1.54) is 30.3 Å². The first-order valence-electron chi connectivity index (χ1n) is 16.7. The highest BCUT2D eigenvalue weighted by molar-refractivity contribution is 6.06. The van der Waals surface area contributed by atoms with Crippen molar-refractivity contribution in [3.8, 4) is 11.5 Å². The maximum absolute atomic E-state index is 13.1. The van der Waals surface area contributed by atoms with Gasteiger partial charge >= 0.3 is 23.9 Å². The van der Waals surface area contributed by atoms with Crippen LogP contribution in [0.15, 0.2) is 72.8 Å². The van der Waals surface area contributed by atoms with Crippen molar-refractivity contribution >= 4 is 42.0 Å². The van der Waals surface area contributed by atoms with Gasteiger partial charge in [0.2, 0.25) is 0 Å². The van der Waals surface area contributed by atoms with E-state index in [9.17, 15) is 33.2 Å². The molecule has 1 aliphatic carbocycles. The molecule has 0 spiro atoms. The number of esters is 4. The number of cyclic esters (lactones) is 4. The number of halogens is 1. The van der Waals surface area contributed by atoms with Crippen LogP contribution in [-0.2, 0) is 33.4 Å². The zero-order valence-corrected chi connectivity index (χ0v) is 27.1. The molecular weight excluding hydrogens is 647 g/mol. The van der Waals surface area contributed by atoms with E-state index in [-0.39, 0.29) is 18.6 Å². The molecule has 0 bridgehead atoms. The van der Waals surface area contributed by atoms with Crippen LogP contribution >= 0.6 is 0 Å². The number of hydrogen-bond acceptors (Lipinski definition) is 10. The van der Waals surface area contributed by atoms with Crippen molar-refractivity contribution in [3.05, 3.63) is 101 Å². The highest BCUT2D eigenvalue weighted by atomic mass is 19.1. The van der Waals surface area contributed by atoms with Crippen LogP contribution in [0.4, 0.5) is 4.39 Å². The Labute approximate surface area is 287 Å². The molecule has 5 unspecified atom stereocenters. The number of rotatable bonds is 15. The van der Waals surface area contributed by atoms with E-state index in [2.05, 4.69) is 0 Å². The first kappa shape index (κ1) is 34.4. The predicted molar refractivity (Wildman–Crippen MR) is 176 cm³/mol. The Morgan fingerprint density at radius 1 is 0.800 bits per heavy atom. The Balaban J connectivity index is 0.941. The first-order chi connectivity index (χ1) is 24.2. The van der Waals surface area contributed by atoms with Crippen molar-refractivity contribution in [2.75, 3.05) is 6.61 Å². The van der Waals surface area contributed by atoms with Crippen molar-refractivity contribution in [2.24, 2.45) is 11.8 Å². The quantitative estimate of drug-likeness (QED) is 0.0464. The van der Waals surface area contributed by atoms with Gasteiger partial charge in [0.25, 0.3) is 0 Å². The molecule has 2 fully saturated rings. The molecule has 0 saturated carbocycles. The Morgan fingerprint density at radius 3 is 2.24 bits per heavy atom. The summed E-state index contributed by atoms with van der Waals surface area (Å²) in [5.41, 5.74) is 2.46. The van der Waals surface area contributed by atoms with Crippen LogP contribution in [0.1, 0.15) is 83.8 Å². The molecule has 0 amide bonds. The summed E-state index contributed by atoms with van der Waals surface area (Å²) in [6.45, 7) is 0.410. The second kappa shape index (κ2) is 15.4. The molecule has 10 nitrogen and oxygen atoms in total. The summed E-state index contributed by atoms with van der Waals surface area (Å²) in [5, 5.41) is 0. The predicted octanol–water partition coefficient (Wildman–Crippen LogP) is 6.06. The summed E-state index contributed by atoms with van der Waals surface area (Å²) in [7, 11) is 0. The van der Waals surface area contributed by atoms with E-state index in [1.54, 1.807) is 48.5 Å². The summed E-state index contributed by atoms with van der Waals surface area (Å²) in [6, 6.07) is 17.6. The molecule has 2 saturated heterocycles. The fourth-order valence-electron chi connectivity index (χ4n) is 6.81. The van der Waals surface area contributed by atoms with Gasteiger partial charge in [-0.2, -0.15) is 0 Å². The van der Waals surface area contributed by atoms with Gasteiger partial charge in [0, 0.05) is 5.56 Å². The molecule has 258 valence electrons.